The van der Waals surface area contributed by atoms with Crippen LogP contribution in [0.15, 0.2) is 0 Å². The number of nitrogens with one attached hydrogen (secondary N) is 2. The average Bonchev–Trinajstić information content (AvgIpc) is 2.60. The number of amides is 3. The molecule has 0 saturated carbocycles. The van der Waals surface area contributed by atoms with E-state index in [0.717, 1.165) is 6.42 Å². The fraction of sp³-hybridized carbons (Fsp3) is 0.842. The van der Waals surface area contributed by atoms with Gasteiger partial charge in [-0.15, -0.1) is 0 Å². The number of carbonyl (C=O) groups is 3. The zero-order chi connectivity index (χ0) is 20.4. The van der Waals surface area contributed by atoms with Crippen molar-refractivity contribution in [2.24, 2.45) is 5.41 Å². The summed E-state index contributed by atoms with van der Waals surface area (Å²) in [6, 6.07) is -1.60. The molecule has 2 atom stereocenters. The van der Waals surface area contributed by atoms with E-state index in [1.165, 1.54) is 7.11 Å². The van der Waals surface area contributed by atoms with Gasteiger partial charge in [0.25, 0.3) is 0 Å². The average molecular weight is 386 g/mol. The van der Waals surface area contributed by atoms with Gasteiger partial charge in [-0.2, -0.15) is 0 Å². The molecular weight excluding hydrogens is 350 g/mol. The lowest BCUT2D eigenvalue weighted by molar-refractivity contribution is -0.131. The van der Waals surface area contributed by atoms with E-state index in [4.69, 9.17) is 9.47 Å². The van der Waals surface area contributed by atoms with Gasteiger partial charge in [-0.1, -0.05) is 34.1 Å². The summed E-state index contributed by atoms with van der Waals surface area (Å²) in [5.74, 6) is -0.504. The van der Waals surface area contributed by atoms with Gasteiger partial charge >= 0.3 is 6.03 Å². The fourth-order valence-electron chi connectivity index (χ4n) is 2.95. The molecule has 3 amide bonds. The van der Waals surface area contributed by atoms with Gasteiger partial charge in [-0.25, -0.2) is 4.79 Å². The van der Waals surface area contributed by atoms with Crippen LogP contribution in [0.3, 0.4) is 0 Å². The Kier molecular flexibility index (Phi) is 9.73. The van der Waals surface area contributed by atoms with Crippen LogP contribution in [0.2, 0.25) is 0 Å². The van der Waals surface area contributed by atoms with Crippen LogP contribution in [0.25, 0.3) is 0 Å². The fourth-order valence-corrected chi connectivity index (χ4v) is 2.95. The van der Waals surface area contributed by atoms with E-state index >= 15 is 0 Å². The summed E-state index contributed by atoms with van der Waals surface area (Å²) in [6.07, 6.45) is 1.75. The summed E-state index contributed by atoms with van der Waals surface area (Å²) in [5, 5.41) is 5.65. The van der Waals surface area contributed by atoms with Crippen molar-refractivity contribution >= 4 is 17.7 Å². The van der Waals surface area contributed by atoms with Gasteiger partial charge in [0.05, 0.1) is 19.3 Å². The van der Waals surface area contributed by atoms with E-state index in [9.17, 15) is 14.4 Å². The second-order valence-corrected chi connectivity index (χ2v) is 8.12. The molecule has 0 aromatic heterocycles. The number of Topliss-reactive ketones (excluding diaryl/α,β-unsaturated/α-hetero) is 1. The van der Waals surface area contributed by atoms with Crippen LogP contribution in [0.4, 0.5) is 4.79 Å². The lowest BCUT2D eigenvalue weighted by Gasteiger charge is -2.32. The minimum absolute atomic E-state index is 0.0466. The standard InChI is InChI=1S/C19H35N3O5/c1-6-7-14(16(23)13-26-5)20-17(24)15(12-19(2,3)4)21-18(25)22-8-10-27-11-9-22/h14-15H,6-13H2,1-5H3,(H,20,24)(H,21,25)/t14?,15-/m0/s1. The van der Waals surface area contributed by atoms with E-state index in [1.807, 2.05) is 27.7 Å². The van der Waals surface area contributed by atoms with Gasteiger partial charge in [-0.05, 0) is 18.3 Å². The highest BCUT2D eigenvalue weighted by atomic mass is 16.5. The van der Waals surface area contributed by atoms with E-state index in [2.05, 4.69) is 10.6 Å². The van der Waals surface area contributed by atoms with Crippen molar-refractivity contribution in [3.8, 4) is 0 Å². The molecule has 0 aliphatic carbocycles. The van der Waals surface area contributed by atoms with Crippen molar-refractivity contribution in [2.45, 2.75) is 59.0 Å². The molecular formula is C19H35N3O5. The Morgan fingerprint density at radius 2 is 1.74 bits per heavy atom. The molecule has 1 heterocycles. The molecule has 156 valence electrons. The third-order valence-electron chi connectivity index (χ3n) is 4.30. The van der Waals surface area contributed by atoms with E-state index in [0.29, 0.717) is 39.1 Å². The molecule has 0 spiro atoms. The van der Waals surface area contributed by atoms with Gasteiger partial charge in [0.2, 0.25) is 5.91 Å². The quantitative estimate of drug-likeness (QED) is 0.624. The summed E-state index contributed by atoms with van der Waals surface area (Å²) in [7, 11) is 1.45. The molecule has 0 bridgehead atoms. The molecule has 2 N–H and O–H groups in total. The normalized spacial score (nSPS) is 17.1. The lowest BCUT2D eigenvalue weighted by Crippen LogP contribution is -2.56. The Bertz CT molecular complexity index is 498. The minimum atomic E-state index is -0.713. The number of rotatable bonds is 9. The molecule has 1 saturated heterocycles. The lowest BCUT2D eigenvalue weighted by atomic mass is 9.87. The van der Waals surface area contributed by atoms with Gasteiger partial charge in [-0.3, -0.25) is 9.59 Å². The monoisotopic (exact) mass is 385 g/mol. The topological polar surface area (TPSA) is 97.0 Å². The molecule has 0 aromatic carbocycles. The number of methoxy groups -OCH3 is 1. The minimum Gasteiger partial charge on any atom is -0.378 e. The highest BCUT2D eigenvalue weighted by Gasteiger charge is 2.31. The number of ketones is 1. The summed E-state index contributed by atoms with van der Waals surface area (Å²) in [4.78, 5) is 39.3. The number of nitrogens with zero attached hydrogens (tertiary/aromatic N) is 1. The van der Waals surface area contributed by atoms with Crippen LogP contribution < -0.4 is 10.6 Å². The Morgan fingerprint density at radius 1 is 1.11 bits per heavy atom. The number of morpholine rings is 1. The van der Waals surface area contributed by atoms with Crippen LogP contribution in [-0.2, 0) is 19.1 Å². The van der Waals surface area contributed by atoms with Gasteiger partial charge < -0.3 is 25.0 Å². The maximum absolute atomic E-state index is 12.9. The molecule has 0 radical (unpaired) electrons. The Labute approximate surface area is 162 Å². The summed E-state index contributed by atoms with van der Waals surface area (Å²) < 4.78 is 10.2. The molecule has 1 fully saturated rings. The third kappa shape index (κ3) is 8.71. The molecule has 1 rings (SSSR count). The maximum atomic E-state index is 12.9. The predicted molar refractivity (Wildman–Crippen MR) is 103 cm³/mol. The van der Waals surface area contributed by atoms with Crippen LogP contribution in [0.1, 0.15) is 47.0 Å². The van der Waals surface area contributed by atoms with Crippen molar-refractivity contribution in [3.05, 3.63) is 0 Å². The third-order valence-corrected chi connectivity index (χ3v) is 4.30. The zero-order valence-electron chi connectivity index (χ0n) is 17.3. The van der Waals surface area contributed by atoms with Crippen molar-refractivity contribution in [3.63, 3.8) is 0 Å². The summed E-state index contributed by atoms with van der Waals surface area (Å²) in [6.45, 7) is 9.92. The van der Waals surface area contributed by atoms with E-state index < -0.39 is 12.1 Å². The van der Waals surface area contributed by atoms with Gasteiger partial charge in [0.15, 0.2) is 5.78 Å². The van der Waals surface area contributed by atoms with Crippen LogP contribution in [0.5, 0.6) is 0 Å². The first-order chi connectivity index (χ1) is 12.7. The SMILES string of the molecule is CCCC(NC(=O)[C@H](CC(C)(C)C)NC(=O)N1CCOCC1)C(=O)COC. The highest BCUT2D eigenvalue weighted by Crippen LogP contribution is 2.21. The molecule has 8 nitrogen and oxygen atoms in total. The van der Waals surface area contributed by atoms with Crippen LogP contribution in [-0.4, -0.2) is 74.7 Å². The van der Waals surface area contributed by atoms with E-state index in [1.54, 1.807) is 4.90 Å². The molecule has 27 heavy (non-hydrogen) atoms. The van der Waals surface area contributed by atoms with Gasteiger partial charge in [0, 0.05) is 20.2 Å². The first kappa shape index (κ1) is 23.4. The number of hydrogen-bond donors (Lipinski definition) is 2. The molecule has 1 aliphatic heterocycles. The summed E-state index contributed by atoms with van der Waals surface area (Å²) in [5.41, 5.74) is -0.170. The largest absolute Gasteiger partial charge is 0.378 e. The maximum Gasteiger partial charge on any atom is 0.318 e. The Hall–Kier alpha value is -1.67. The predicted octanol–water partition coefficient (Wildman–Crippen LogP) is 1.33. The molecule has 1 unspecified atom stereocenters. The molecule has 8 heteroatoms. The van der Waals surface area contributed by atoms with E-state index in [-0.39, 0.29) is 29.7 Å². The van der Waals surface area contributed by atoms with Crippen molar-refractivity contribution < 1.29 is 23.9 Å². The van der Waals surface area contributed by atoms with Crippen LogP contribution >= 0.6 is 0 Å². The second-order valence-electron chi connectivity index (χ2n) is 8.12. The first-order valence-electron chi connectivity index (χ1n) is 9.63. The van der Waals surface area contributed by atoms with Crippen molar-refractivity contribution in [2.75, 3.05) is 40.0 Å². The molecule has 1 aliphatic rings. The van der Waals surface area contributed by atoms with Crippen molar-refractivity contribution in [1.82, 2.24) is 15.5 Å². The zero-order valence-corrected chi connectivity index (χ0v) is 17.3. The second kappa shape index (κ2) is 11.2. The smallest absolute Gasteiger partial charge is 0.318 e. The number of urea groups is 1. The van der Waals surface area contributed by atoms with Crippen molar-refractivity contribution in [1.29, 1.82) is 0 Å². The van der Waals surface area contributed by atoms with Gasteiger partial charge in [0.1, 0.15) is 12.6 Å². The number of carbonyl (C=O) groups excluding carboxylic acids is 3. The molecule has 0 aromatic rings. The Balaban J connectivity index is 2.82. The highest BCUT2D eigenvalue weighted by molar-refractivity contribution is 5.93. The number of ether oxygens (including phenoxy) is 2. The first-order valence-corrected chi connectivity index (χ1v) is 9.63. The van der Waals surface area contributed by atoms with Crippen LogP contribution in [0, 0.1) is 5.41 Å². The number of hydrogen-bond acceptors (Lipinski definition) is 5. The summed E-state index contributed by atoms with van der Waals surface area (Å²) >= 11 is 0. The Morgan fingerprint density at radius 3 is 2.26 bits per heavy atom.